The highest BCUT2D eigenvalue weighted by Crippen LogP contribution is 2.32. The highest BCUT2D eigenvalue weighted by atomic mass is 19.4. The molecule has 2 aromatic heterocycles. The summed E-state index contributed by atoms with van der Waals surface area (Å²) in [5, 5.41) is 18.0. The van der Waals surface area contributed by atoms with Gasteiger partial charge in [-0.05, 0) is 41.8 Å². The van der Waals surface area contributed by atoms with E-state index in [-0.39, 0.29) is 18.9 Å². The van der Waals surface area contributed by atoms with Crippen molar-refractivity contribution in [2.24, 2.45) is 0 Å². The number of aromatic nitrogens is 3. The van der Waals surface area contributed by atoms with Crippen molar-refractivity contribution in [3.8, 4) is 17.0 Å². The van der Waals surface area contributed by atoms with E-state index in [1.54, 1.807) is 18.2 Å². The summed E-state index contributed by atoms with van der Waals surface area (Å²) in [6.07, 6.45) is -2.17. The smallest absolute Gasteiger partial charge is 0.408 e. The number of amides is 2. The van der Waals surface area contributed by atoms with Gasteiger partial charge in [0, 0.05) is 31.0 Å². The molecule has 0 radical (unpaired) electrons. The molecule has 13 heteroatoms. The normalized spacial score (nSPS) is 13.9. The minimum absolute atomic E-state index is 0.0965. The van der Waals surface area contributed by atoms with Crippen molar-refractivity contribution in [3.63, 3.8) is 0 Å². The molecule has 0 spiro atoms. The van der Waals surface area contributed by atoms with Gasteiger partial charge in [0.2, 0.25) is 5.88 Å². The highest BCUT2D eigenvalue weighted by molar-refractivity contribution is 6.00. The topological polar surface area (TPSA) is 114 Å². The third kappa shape index (κ3) is 7.33. The third-order valence-electron chi connectivity index (χ3n) is 5.50. The van der Waals surface area contributed by atoms with E-state index in [1.807, 2.05) is 19.1 Å². The van der Waals surface area contributed by atoms with Crippen LogP contribution in [0.3, 0.4) is 0 Å². The van der Waals surface area contributed by atoms with Gasteiger partial charge < -0.3 is 30.1 Å². The first kappa shape index (κ1) is 26.2. The largest absolute Gasteiger partial charge is 0.475 e. The second kappa shape index (κ2) is 11.5. The summed E-state index contributed by atoms with van der Waals surface area (Å²) >= 11 is 0. The maximum atomic E-state index is 12.5. The van der Waals surface area contributed by atoms with Crippen molar-refractivity contribution >= 4 is 23.2 Å². The number of nitrogens with zero attached hydrogens (tertiary/aromatic N) is 4. The maximum absolute atomic E-state index is 12.5. The fraction of sp³-hybridized carbons (Fsp3) is 0.375. The lowest BCUT2D eigenvalue weighted by molar-refractivity contribution is -0.142. The van der Waals surface area contributed by atoms with Crippen LogP contribution in [0.25, 0.3) is 11.1 Å². The van der Waals surface area contributed by atoms with Crippen LogP contribution in [0.5, 0.6) is 5.88 Å². The second-order valence-corrected chi connectivity index (χ2v) is 8.37. The van der Waals surface area contributed by atoms with Crippen molar-refractivity contribution in [2.45, 2.75) is 19.6 Å². The predicted molar refractivity (Wildman–Crippen MR) is 131 cm³/mol. The van der Waals surface area contributed by atoms with Gasteiger partial charge in [-0.15, -0.1) is 0 Å². The number of ether oxygens (including phenoxy) is 2. The summed E-state index contributed by atoms with van der Waals surface area (Å²) in [6, 6.07) is 8.42. The van der Waals surface area contributed by atoms with E-state index in [2.05, 4.69) is 25.6 Å². The molecule has 0 bridgehead atoms. The number of aryl methyl sites for hydroxylation is 1. The Morgan fingerprint density at radius 3 is 2.65 bits per heavy atom. The van der Waals surface area contributed by atoms with Gasteiger partial charge >= 0.3 is 12.2 Å². The molecule has 0 unspecified atom stereocenters. The number of rotatable bonds is 8. The average Bonchev–Trinajstić information content (AvgIpc) is 3.29. The molecule has 0 aliphatic carbocycles. The molecule has 198 valence electrons. The Bertz CT molecular complexity index is 1230. The molecule has 1 aliphatic heterocycles. The number of halogens is 3. The van der Waals surface area contributed by atoms with Gasteiger partial charge in [0.1, 0.15) is 19.0 Å². The molecule has 2 amide bonds. The summed E-state index contributed by atoms with van der Waals surface area (Å²) in [6.45, 7) is 3.15. The minimum Gasteiger partial charge on any atom is -0.475 e. The second-order valence-electron chi connectivity index (χ2n) is 8.37. The molecule has 3 aromatic rings. The summed E-state index contributed by atoms with van der Waals surface area (Å²) in [7, 11) is 0. The molecule has 3 heterocycles. The SMILES string of the molecule is Cc1ccc(NC(=O)Nc2cnn(CC(F)(F)F)c2)cc1-c1cc(OCCO)nc(N2CCOCC2)c1. The Balaban J connectivity index is 1.53. The maximum Gasteiger partial charge on any atom is 0.408 e. The molecule has 0 atom stereocenters. The Morgan fingerprint density at radius 1 is 1.16 bits per heavy atom. The Labute approximate surface area is 211 Å². The fourth-order valence-corrected chi connectivity index (χ4v) is 3.83. The average molecular weight is 521 g/mol. The van der Waals surface area contributed by atoms with E-state index in [4.69, 9.17) is 9.47 Å². The molecule has 1 saturated heterocycles. The first-order chi connectivity index (χ1) is 17.7. The van der Waals surface area contributed by atoms with E-state index < -0.39 is 18.8 Å². The zero-order valence-corrected chi connectivity index (χ0v) is 20.1. The van der Waals surface area contributed by atoms with Crippen LogP contribution in [0.1, 0.15) is 5.56 Å². The lowest BCUT2D eigenvalue weighted by Gasteiger charge is -2.28. The zero-order valence-electron chi connectivity index (χ0n) is 20.1. The monoisotopic (exact) mass is 520 g/mol. The lowest BCUT2D eigenvalue weighted by Crippen LogP contribution is -2.36. The van der Waals surface area contributed by atoms with Gasteiger partial charge in [-0.25, -0.2) is 4.79 Å². The number of carbonyl (C=O) groups is 1. The quantitative estimate of drug-likeness (QED) is 0.415. The molecule has 4 rings (SSSR count). The fourth-order valence-electron chi connectivity index (χ4n) is 3.83. The Morgan fingerprint density at radius 2 is 1.92 bits per heavy atom. The van der Waals surface area contributed by atoms with E-state index >= 15 is 0 Å². The van der Waals surface area contributed by atoms with Gasteiger partial charge in [-0.1, -0.05) is 6.07 Å². The summed E-state index contributed by atoms with van der Waals surface area (Å²) in [5.74, 6) is 1.07. The number of hydrogen-bond donors (Lipinski definition) is 3. The molecular formula is C24H27F3N6O4. The number of carbonyl (C=O) groups excluding carboxylic acids is 1. The molecular weight excluding hydrogens is 493 g/mol. The Hall–Kier alpha value is -3.84. The minimum atomic E-state index is -4.42. The van der Waals surface area contributed by atoms with Crippen LogP contribution in [-0.2, 0) is 11.3 Å². The van der Waals surface area contributed by atoms with Crippen molar-refractivity contribution in [3.05, 3.63) is 48.3 Å². The highest BCUT2D eigenvalue weighted by Gasteiger charge is 2.28. The summed E-state index contributed by atoms with van der Waals surface area (Å²) in [5.41, 5.74) is 3.17. The number of urea groups is 1. The van der Waals surface area contributed by atoms with Gasteiger partial charge in [-0.2, -0.15) is 23.3 Å². The number of anilines is 3. The van der Waals surface area contributed by atoms with Gasteiger partial charge in [-0.3, -0.25) is 4.68 Å². The third-order valence-corrected chi connectivity index (χ3v) is 5.50. The standard InChI is InChI=1S/C24H27F3N6O4/c1-16-2-3-18(29-23(35)30-19-13-28-33(14-19)15-24(25,26)27)12-20(16)17-10-21(32-4-7-36-8-5-32)31-22(11-17)37-9-6-34/h2-3,10-14,34H,4-9,15H2,1H3,(H2,29,30,35). The number of hydrogen-bond acceptors (Lipinski definition) is 7. The van der Waals surface area contributed by atoms with Crippen molar-refractivity contribution < 1.29 is 32.5 Å². The van der Waals surface area contributed by atoms with E-state index in [0.717, 1.165) is 29.1 Å². The number of nitrogens with one attached hydrogen (secondary N) is 2. The number of aliphatic hydroxyl groups excluding tert-OH is 1. The van der Waals surface area contributed by atoms with Crippen molar-refractivity contribution in [2.75, 3.05) is 55.1 Å². The van der Waals surface area contributed by atoms with E-state index in [9.17, 15) is 23.1 Å². The predicted octanol–water partition coefficient (Wildman–Crippen LogP) is 3.67. The van der Waals surface area contributed by atoms with Gasteiger partial charge in [0.15, 0.2) is 0 Å². The van der Waals surface area contributed by atoms with Crippen LogP contribution in [0, 0.1) is 6.92 Å². The molecule has 1 fully saturated rings. The van der Waals surface area contributed by atoms with E-state index in [1.165, 1.54) is 0 Å². The Kier molecular flexibility index (Phi) is 8.14. The lowest BCUT2D eigenvalue weighted by atomic mass is 10.0. The zero-order chi connectivity index (χ0) is 26.4. The molecule has 1 aliphatic rings. The van der Waals surface area contributed by atoms with Crippen LogP contribution >= 0.6 is 0 Å². The summed E-state index contributed by atoms with van der Waals surface area (Å²) < 4.78 is 49.3. The first-order valence-electron chi connectivity index (χ1n) is 11.6. The number of pyridine rings is 1. The number of morpholine rings is 1. The number of benzene rings is 1. The molecule has 1 aromatic carbocycles. The number of alkyl halides is 3. The van der Waals surface area contributed by atoms with Crippen molar-refractivity contribution in [1.29, 1.82) is 0 Å². The van der Waals surface area contributed by atoms with Crippen LogP contribution < -0.4 is 20.3 Å². The molecule has 10 nitrogen and oxygen atoms in total. The molecule has 3 N–H and O–H groups in total. The molecule has 37 heavy (non-hydrogen) atoms. The van der Waals surface area contributed by atoms with Gasteiger partial charge in [0.25, 0.3) is 0 Å². The number of aliphatic hydroxyl groups is 1. The molecule has 0 saturated carbocycles. The summed E-state index contributed by atoms with van der Waals surface area (Å²) in [4.78, 5) is 19.1. The first-order valence-corrected chi connectivity index (χ1v) is 11.6. The van der Waals surface area contributed by atoms with Crippen LogP contribution in [0.4, 0.5) is 35.2 Å². The van der Waals surface area contributed by atoms with Crippen molar-refractivity contribution in [1.82, 2.24) is 14.8 Å². The van der Waals surface area contributed by atoms with Crippen LogP contribution in [0.15, 0.2) is 42.7 Å². The van der Waals surface area contributed by atoms with E-state index in [0.29, 0.717) is 48.4 Å². The van der Waals surface area contributed by atoms with Crippen LogP contribution in [-0.4, -0.2) is 71.6 Å². The van der Waals surface area contributed by atoms with Gasteiger partial charge in [0.05, 0.1) is 31.7 Å². The van der Waals surface area contributed by atoms with Crippen LogP contribution in [0.2, 0.25) is 0 Å².